The Labute approximate surface area is 118 Å². The molecule has 0 heterocycles. The lowest BCUT2D eigenvalue weighted by molar-refractivity contribution is 0.584. The highest BCUT2D eigenvalue weighted by Crippen LogP contribution is 2.15. The first-order valence-electron chi connectivity index (χ1n) is 5.47. The summed E-state index contributed by atoms with van der Waals surface area (Å²) in [5.41, 5.74) is 0.292. The van der Waals surface area contributed by atoms with Crippen LogP contribution in [-0.2, 0) is 20.0 Å². The van der Waals surface area contributed by atoms with Crippen LogP contribution in [0.3, 0.4) is 0 Å². The largest absolute Gasteiger partial charge is 0.284 e. The van der Waals surface area contributed by atoms with Gasteiger partial charge in [0.1, 0.15) is 0 Å². The number of anilines is 1. The van der Waals surface area contributed by atoms with Crippen molar-refractivity contribution in [2.45, 2.75) is 11.8 Å². The quantitative estimate of drug-likeness (QED) is 0.730. The van der Waals surface area contributed by atoms with Crippen LogP contribution in [0, 0.1) is 0 Å². The predicted molar refractivity (Wildman–Crippen MR) is 75.4 cm³/mol. The van der Waals surface area contributed by atoms with Crippen LogP contribution in [0.1, 0.15) is 6.92 Å². The van der Waals surface area contributed by atoms with E-state index in [4.69, 9.17) is 11.6 Å². The molecule has 6 nitrogen and oxygen atoms in total. The molecule has 0 aromatic heterocycles. The zero-order valence-corrected chi connectivity index (χ0v) is 12.6. The van der Waals surface area contributed by atoms with Crippen LogP contribution in [0.5, 0.6) is 0 Å². The SMILES string of the molecule is CCNS(=O)(=O)c1ccc(NS(=O)(=O)CCCl)cc1. The summed E-state index contributed by atoms with van der Waals surface area (Å²) in [4.78, 5) is 0.0784. The van der Waals surface area contributed by atoms with Crippen molar-refractivity contribution in [3.8, 4) is 0 Å². The number of benzene rings is 1. The summed E-state index contributed by atoms with van der Waals surface area (Å²) >= 11 is 5.37. The number of hydrogen-bond acceptors (Lipinski definition) is 4. The lowest BCUT2D eigenvalue weighted by Crippen LogP contribution is -2.23. The van der Waals surface area contributed by atoms with Gasteiger partial charge in [-0.1, -0.05) is 6.92 Å². The molecule has 0 amide bonds. The van der Waals surface area contributed by atoms with Gasteiger partial charge in [-0.3, -0.25) is 4.72 Å². The fraction of sp³-hybridized carbons (Fsp3) is 0.400. The third kappa shape index (κ3) is 4.98. The Kier molecular flexibility index (Phi) is 5.60. The molecule has 19 heavy (non-hydrogen) atoms. The lowest BCUT2D eigenvalue weighted by Gasteiger charge is -2.08. The molecule has 0 atom stereocenters. The zero-order chi connectivity index (χ0) is 14.5. The minimum absolute atomic E-state index is 0.0117. The first-order chi connectivity index (χ1) is 8.80. The van der Waals surface area contributed by atoms with Crippen molar-refractivity contribution in [1.29, 1.82) is 0 Å². The Morgan fingerprint density at radius 3 is 2.16 bits per heavy atom. The fourth-order valence-electron chi connectivity index (χ4n) is 1.31. The van der Waals surface area contributed by atoms with Crippen molar-refractivity contribution in [3.63, 3.8) is 0 Å². The molecule has 0 bridgehead atoms. The molecule has 9 heteroatoms. The van der Waals surface area contributed by atoms with E-state index >= 15 is 0 Å². The Hall–Kier alpha value is -0.830. The number of sulfonamides is 2. The average molecular weight is 327 g/mol. The van der Waals surface area contributed by atoms with Gasteiger partial charge >= 0.3 is 0 Å². The molecule has 108 valence electrons. The second kappa shape index (κ2) is 6.56. The second-order valence-electron chi connectivity index (χ2n) is 3.64. The van der Waals surface area contributed by atoms with Gasteiger partial charge in [-0.2, -0.15) is 0 Å². The summed E-state index contributed by atoms with van der Waals surface area (Å²) in [5, 5.41) is 0. The van der Waals surface area contributed by atoms with E-state index in [-0.39, 0.29) is 23.1 Å². The zero-order valence-electron chi connectivity index (χ0n) is 10.3. The topological polar surface area (TPSA) is 92.3 Å². The van der Waals surface area contributed by atoms with Crippen molar-refractivity contribution >= 4 is 37.3 Å². The summed E-state index contributed by atoms with van der Waals surface area (Å²) < 4.78 is 50.9. The predicted octanol–water partition coefficient (Wildman–Crippen LogP) is 0.965. The highest BCUT2D eigenvalue weighted by atomic mass is 35.5. The Morgan fingerprint density at radius 2 is 1.68 bits per heavy atom. The molecule has 1 aromatic carbocycles. The monoisotopic (exact) mass is 326 g/mol. The fourth-order valence-corrected chi connectivity index (χ4v) is 3.76. The molecule has 0 aliphatic carbocycles. The molecule has 1 rings (SSSR count). The van der Waals surface area contributed by atoms with E-state index in [1.165, 1.54) is 24.3 Å². The van der Waals surface area contributed by atoms with E-state index in [0.717, 1.165) is 0 Å². The van der Waals surface area contributed by atoms with Crippen molar-refractivity contribution in [2.24, 2.45) is 0 Å². The van der Waals surface area contributed by atoms with E-state index in [2.05, 4.69) is 9.44 Å². The van der Waals surface area contributed by atoms with Crippen molar-refractivity contribution in [1.82, 2.24) is 4.72 Å². The molecule has 0 saturated carbocycles. The molecule has 1 aromatic rings. The summed E-state index contributed by atoms with van der Waals surface area (Å²) in [6.07, 6.45) is 0. The van der Waals surface area contributed by atoms with Crippen LogP contribution < -0.4 is 9.44 Å². The van der Waals surface area contributed by atoms with Gasteiger partial charge in [-0.15, -0.1) is 11.6 Å². The standard InChI is InChI=1S/C10H15ClN2O4S2/c1-2-12-19(16,17)10-5-3-9(4-6-10)13-18(14,15)8-7-11/h3-6,12-13H,2,7-8H2,1H3. The van der Waals surface area contributed by atoms with E-state index < -0.39 is 20.0 Å². The summed E-state index contributed by atoms with van der Waals surface area (Å²) in [5.74, 6) is -0.214. The van der Waals surface area contributed by atoms with Gasteiger partial charge in [-0.05, 0) is 24.3 Å². The van der Waals surface area contributed by atoms with Crippen LogP contribution >= 0.6 is 11.6 Å². The summed E-state index contributed by atoms with van der Waals surface area (Å²) in [6, 6.07) is 5.43. The number of rotatable bonds is 7. The van der Waals surface area contributed by atoms with E-state index in [9.17, 15) is 16.8 Å². The summed E-state index contributed by atoms with van der Waals surface area (Å²) in [6.45, 7) is 1.96. The minimum Gasteiger partial charge on any atom is -0.284 e. The molecule has 0 spiro atoms. The third-order valence-electron chi connectivity index (χ3n) is 2.12. The Bertz CT molecular complexity index is 611. The van der Waals surface area contributed by atoms with Gasteiger partial charge in [-0.25, -0.2) is 21.6 Å². The maximum atomic E-state index is 11.7. The molecule has 0 fully saturated rings. The number of halogens is 1. The Balaban J connectivity index is 2.89. The smallest absolute Gasteiger partial charge is 0.240 e. The summed E-state index contributed by atoms with van der Waals surface area (Å²) in [7, 11) is -7.02. The maximum absolute atomic E-state index is 11.7. The van der Waals surface area contributed by atoms with Crippen LogP contribution in [0.2, 0.25) is 0 Å². The van der Waals surface area contributed by atoms with Crippen molar-refractivity contribution in [2.75, 3.05) is 22.9 Å². The number of hydrogen-bond donors (Lipinski definition) is 2. The van der Waals surface area contributed by atoms with Crippen LogP contribution in [-0.4, -0.2) is 35.0 Å². The van der Waals surface area contributed by atoms with E-state index in [0.29, 0.717) is 5.69 Å². The molecule has 0 radical (unpaired) electrons. The van der Waals surface area contributed by atoms with Gasteiger partial charge in [0, 0.05) is 18.1 Å². The number of nitrogens with one attached hydrogen (secondary N) is 2. The van der Waals surface area contributed by atoms with E-state index in [1.807, 2.05) is 0 Å². The van der Waals surface area contributed by atoms with Crippen LogP contribution in [0.4, 0.5) is 5.69 Å². The van der Waals surface area contributed by atoms with Crippen LogP contribution in [0.25, 0.3) is 0 Å². The van der Waals surface area contributed by atoms with Crippen LogP contribution in [0.15, 0.2) is 29.2 Å². The number of alkyl halides is 1. The molecule has 0 saturated heterocycles. The van der Waals surface area contributed by atoms with Crippen molar-refractivity contribution in [3.05, 3.63) is 24.3 Å². The van der Waals surface area contributed by atoms with Gasteiger partial charge in [0.15, 0.2) is 0 Å². The first-order valence-corrected chi connectivity index (χ1v) is 9.14. The lowest BCUT2D eigenvalue weighted by atomic mass is 10.3. The minimum atomic E-state index is -3.53. The van der Waals surface area contributed by atoms with Gasteiger partial charge in [0.05, 0.1) is 10.6 Å². The molecule has 0 aliphatic rings. The van der Waals surface area contributed by atoms with E-state index in [1.54, 1.807) is 6.92 Å². The molecule has 0 aliphatic heterocycles. The molecule has 0 unspecified atom stereocenters. The Morgan fingerprint density at radius 1 is 1.11 bits per heavy atom. The third-order valence-corrected chi connectivity index (χ3v) is 5.38. The normalized spacial score (nSPS) is 12.3. The first kappa shape index (κ1) is 16.2. The molecule has 2 N–H and O–H groups in total. The average Bonchev–Trinajstić information content (AvgIpc) is 2.28. The van der Waals surface area contributed by atoms with Gasteiger partial charge in [0.2, 0.25) is 20.0 Å². The van der Waals surface area contributed by atoms with Gasteiger partial charge < -0.3 is 0 Å². The van der Waals surface area contributed by atoms with Crippen molar-refractivity contribution < 1.29 is 16.8 Å². The molecular formula is C10H15ClN2O4S2. The molecular weight excluding hydrogens is 312 g/mol. The second-order valence-corrected chi connectivity index (χ2v) is 7.62. The maximum Gasteiger partial charge on any atom is 0.240 e. The van der Waals surface area contributed by atoms with Gasteiger partial charge in [0.25, 0.3) is 0 Å². The highest BCUT2D eigenvalue weighted by Gasteiger charge is 2.13. The highest BCUT2D eigenvalue weighted by molar-refractivity contribution is 7.92.